The summed E-state index contributed by atoms with van der Waals surface area (Å²) >= 11 is 0. The monoisotopic (exact) mass is 197 g/mol. The lowest BCUT2D eigenvalue weighted by Crippen LogP contribution is -2.10. The average Bonchev–Trinajstić information content (AvgIpc) is 2.82. The largest absolute Gasteiger partial charge is 0.481 e. The molecule has 6 heteroatoms. The van der Waals surface area contributed by atoms with Crippen LogP contribution in [0.4, 0.5) is 0 Å². The summed E-state index contributed by atoms with van der Waals surface area (Å²) in [6, 6.07) is 1.52. The number of carbonyl (C=O) groups is 2. The van der Waals surface area contributed by atoms with Crippen LogP contribution in [0.3, 0.4) is 0 Å². The number of carboxylic acids is 1. The molecule has 0 aromatic carbocycles. The van der Waals surface area contributed by atoms with Crippen molar-refractivity contribution in [3.63, 3.8) is 0 Å². The van der Waals surface area contributed by atoms with Gasteiger partial charge in [0.15, 0.2) is 0 Å². The molecule has 76 valence electrons. The summed E-state index contributed by atoms with van der Waals surface area (Å²) in [7, 11) is 0. The van der Waals surface area contributed by atoms with Gasteiger partial charge in [-0.05, 0) is 18.9 Å². The Balaban J connectivity index is 0.000000146. The number of H-pyrrole nitrogens is 1. The number of aliphatic carboxylic acids is 1. The SMILES string of the molecule is NC(=O)c1ccn[nH]1.O=C(O)C1CC1. The fourth-order valence-corrected chi connectivity index (χ4v) is 0.723. The van der Waals surface area contributed by atoms with Crippen LogP contribution in [-0.4, -0.2) is 27.2 Å². The van der Waals surface area contributed by atoms with Gasteiger partial charge in [0.25, 0.3) is 5.91 Å². The van der Waals surface area contributed by atoms with E-state index < -0.39 is 11.9 Å². The molecule has 1 aliphatic rings. The predicted octanol–water partition coefficient (Wildman–Crippen LogP) is -0.0104. The van der Waals surface area contributed by atoms with Crippen molar-refractivity contribution in [3.05, 3.63) is 18.0 Å². The molecular weight excluding hydrogens is 186 g/mol. The van der Waals surface area contributed by atoms with Gasteiger partial charge in [-0.1, -0.05) is 0 Å². The topological polar surface area (TPSA) is 109 Å². The van der Waals surface area contributed by atoms with Crippen LogP contribution in [0.1, 0.15) is 23.3 Å². The zero-order valence-electron chi connectivity index (χ0n) is 7.43. The number of primary amides is 1. The molecule has 1 saturated carbocycles. The van der Waals surface area contributed by atoms with Gasteiger partial charge in [-0.15, -0.1) is 0 Å². The standard InChI is InChI=1S/C4H5N3O.C4H6O2/c5-4(8)3-1-2-6-7-3;5-4(6)3-1-2-3/h1-2H,(H2,5,8)(H,6,7);3H,1-2H2,(H,5,6). The van der Waals surface area contributed by atoms with Crippen LogP contribution >= 0.6 is 0 Å². The first-order chi connectivity index (χ1) is 6.61. The van der Waals surface area contributed by atoms with Gasteiger partial charge < -0.3 is 10.8 Å². The third-order valence-corrected chi connectivity index (χ3v) is 1.69. The number of carboxylic acid groups (broad SMARTS) is 1. The minimum absolute atomic E-state index is 0.0185. The quantitative estimate of drug-likeness (QED) is 0.619. The highest BCUT2D eigenvalue weighted by molar-refractivity contribution is 5.90. The van der Waals surface area contributed by atoms with E-state index in [1.807, 2.05) is 0 Å². The molecule has 1 aliphatic carbocycles. The Morgan fingerprint density at radius 1 is 1.57 bits per heavy atom. The molecule has 0 aliphatic heterocycles. The van der Waals surface area contributed by atoms with Crippen molar-refractivity contribution in [1.29, 1.82) is 0 Å². The summed E-state index contributed by atoms with van der Waals surface area (Å²) < 4.78 is 0. The number of hydrogen-bond acceptors (Lipinski definition) is 3. The highest BCUT2D eigenvalue weighted by Gasteiger charge is 2.28. The number of rotatable bonds is 2. The van der Waals surface area contributed by atoms with E-state index in [1.165, 1.54) is 12.3 Å². The lowest BCUT2D eigenvalue weighted by atomic mass is 10.4. The highest BCUT2D eigenvalue weighted by Crippen LogP contribution is 2.28. The fraction of sp³-hybridized carbons (Fsp3) is 0.375. The zero-order chi connectivity index (χ0) is 10.6. The molecule has 1 aromatic heterocycles. The lowest BCUT2D eigenvalue weighted by molar-refractivity contribution is -0.138. The second-order valence-corrected chi connectivity index (χ2v) is 2.95. The fourth-order valence-electron chi connectivity index (χ4n) is 0.723. The van der Waals surface area contributed by atoms with Gasteiger partial charge in [0, 0.05) is 6.20 Å². The number of aromatic nitrogens is 2. The Bertz CT molecular complexity index is 317. The summed E-state index contributed by atoms with van der Waals surface area (Å²) in [6.45, 7) is 0. The molecule has 6 nitrogen and oxygen atoms in total. The molecule has 0 unspecified atom stereocenters. The molecule has 1 aromatic rings. The number of amides is 1. The van der Waals surface area contributed by atoms with Crippen molar-refractivity contribution >= 4 is 11.9 Å². The van der Waals surface area contributed by atoms with Crippen molar-refractivity contribution < 1.29 is 14.7 Å². The molecule has 4 N–H and O–H groups in total. The summed E-state index contributed by atoms with van der Waals surface area (Å²) in [5.41, 5.74) is 5.19. The van der Waals surface area contributed by atoms with E-state index in [2.05, 4.69) is 10.2 Å². The molecule has 14 heavy (non-hydrogen) atoms. The summed E-state index contributed by atoms with van der Waals surface area (Å²) in [5, 5.41) is 14.0. The van der Waals surface area contributed by atoms with Crippen LogP contribution in [0.25, 0.3) is 0 Å². The minimum atomic E-state index is -0.630. The number of aromatic amines is 1. The Hall–Kier alpha value is -1.85. The van der Waals surface area contributed by atoms with Crippen molar-refractivity contribution in [2.24, 2.45) is 11.7 Å². The summed E-state index contributed by atoms with van der Waals surface area (Å²) in [4.78, 5) is 20.0. The van der Waals surface area contributed by atoms with Crippen molar-refractivity contribution in [1.82, 2.24) is 10.2 Å². The summed E-state index contributed by atoms with van der Waals surface area (Å²) in [5.74, 6) is -1.09. The first-order valence-corrected chi connectivity index (χ1v) is 4.13. The smallest absolute Gasteiger partial charge is 0.306 e. The van der Waals surface area contributed by atoms with Crippen LogP contribution in [0.5, 0.6) is 0 Å². The minimum Gasteiger partial charge on any atom is -0.481 e. The maximum atomic E-state index is 10.2. The van der Waals surface area contributed by atoms with Crippen molar-refractivity contribution in [3.8, 4) is 0 Å². The number of hydrogen-bond donors (Lipinski definition) is 3. The molecule has 2 rings (SSSR count). The molecule has 1 fully saturated rings. The van der Waals surface area contributed by atoms with Crippen LogP contribution < -0.4 is 5.73 Å². The zero-order valence-corrected chi connectivity index (χ0v) is 7.43. The van der Waals surface area contributed by atoms with Gasteiger partial charge in [0.1, 0.15) is 5.69 Å². The predicted molar refractivity (Wildman–Crippen MR) is 47.5 cm³/mol. The Morgan fingerprint density at radius 2 is 2.21 bits per heavy atom. The maximum Gasteiger partial charge on any atom is 0.306 e. The lowest BCUT2D eigenvalue weighted by Gasteiger charge is -1.80. The van der Waals surface area contributed by atoms with E-state index in [9.17, 15) is 9.59 Å². The van der Waals surface area contributed by atoms with Gasteiger partial charge in [0.2, 0.25) is 0 Å². The first kappa shape index (κ1) is 10.2. The third-order valence-electron chi connectivity index (χ3n) is 1.69. The second-order valence-electron chi connectivity index (χ2n) is 2.95. The van der Waals surface area contributed by atoms with Gasteiger partial charge >= 0.3 is 5.97 Å². The molecule has 0 bridgehead atoms. The summed E-state index contributed by atoms with van der Waals surface area (Å²) in [6.07, 6.45) is 3.27. The number of nitrogens with two attached hydrogens (primary N) is 1. The first-order valence-electron chi connectivity index (χ1n) is 4.13. The third kappa shape index (κ3) is 3.26. The van der Waals surface area contributed by atoms with Gasteiger partial charge in [0.05, 0.1) is 5.92 Å². The van der Waals surface area contributed by atoms with Crippen molar-refractivity contribution in [2.75, 3.05) is 0 Å². The van der Waals surface area contributed by atoms with E-state index in [0.29, 0.717) is 5.69 Å². The Morgan fingerprint density at radius 3 is 2.36 bits per heavy atom. The molecule has 0 spiro atoms. The molecular formula is C8H11N3O3. The van der Waals surface area contributed by atoms with E-state index in [-0.39, 0.29) is 5.92 Å². The highest BCUT2D eigenvalue weighted by atomic mass is 16.4. The average molecular weight is 197 g/mol. The van der Waals surface area contributed by atoms with Crippen LogP contribution in [0.15, 0.2) is 12.3 Å². The van der Waals surface area contributed by atoms with E-state index in [0.717, 1.165) is 12.8 Å². The molecule has 0 radical (unpaired) electrons. The van der Waals surface area contributed by atoms with Crippen LogP contribution in [0, 0.1) is 5.92 Å². The van der Waals surface area contributed by atoms with Gasteiger partial charge in [-0.25, -0.2) is 0 Å². The van der Waals surface area contributed by atoms with Gasteiger partial charge in [-0.3, -0.25) is 14.7 Å². The van der Waals surface area contributed by atoms with E-state index in [4.69, 9.17) is 10.8 Å². The number of nitrogens with one attached hydrogen (secondary N) is 1. The van der Waals surface area contributed by atoms with Crippen molar-refractivity contribution in [2.45, 2.75) is 12.8 Å². The van der Waals surface area contributed by atoms with E-state index >= 15 is 0 Å². The Labute approximate surface area is 80.1 Å². The van der Waals surface area contributed by atoms with E-state index in [1.54, 1.807) is 0 Å². The second kappa shape index (κ2) is 4.40. The number of carbonyl (C=O) groups excluding carboxylic acids is 1. The normalized spacial score (nSPS) is 14.0. The van der Waals surface area contributed by atoms with Gasteiger partial charge in [-0.2, -0.15) is 5.10 Å². The molecule has 1 amide bonds. The molecule has 1 heterocycles. The van der Waals surface area contributed by atoms with Crippen LogP contribution in [0.2, 0.25) is 0 Å². The maximum absolute atomic E-state index is 10.2. The van der Waals surface area contributed by atoms with Crippen LogP contribution in [-0.2, 0) is 4.79 Å². The Kier molecular flexibility index (Phi) is 3.22. The molecule has 0 saturated heterocycles. The molecule has 0 atom stereocenters. The number of nitrogens with zero attached hydrogens (tertiary/aromatic N) is 1.